The van der Waals surface area contributed by atoms with Gasteiger partial charge in [-0.15, -0.1) is 0 Å². The fraction of sp³-hybridized carbons (Fsp3) is 0.429. The number of benzene rings is 2. The summed E-state index contributed by atoms with van der Waals surface area (Å²) in [6.07, 6.45) is 4.21. The van der Waals surface area contributed by atoms with Gasteiger partial charge in [0.1, 0.15) is 22.7 Å². The summed E-state index contributed by atoms with van der Waals surface area (Å²) < 4.78 is 13.2. The summed E-state index contributed by atoms with van der Waals surface area (Å²) in [5, 5.41) is 4.21. The van der Waals surface area contributed by atoms with Gasteiger partial charge in [0.05, 0.1) is 32.3 Å². The summed E-state index contributed by atoms with van der Waals surface area (Å²) >= 11 is 0. The molecule has 1 N–H and O–H groups in total. The summed E-state index contributed by atoms with van der Waals surface area (Å²) in [4.78, 5) is 29.6. The van der Waals surface area contributed by atoms with Crippen molar-refractivity contribution >= 4 is 22.7 Å². The standard InChI is InChI=1S/C28H33N3O4/c1-4-35-25-12-8-5-9-20(25)17-31-26(32)24-15-19-13-14-22(34-3)16-23(19)30(24)18-28(31,2)27(33)29-21-10-6-7-11-21/h5,8-9,12-16,21H,4,6-7,10-11,17-18H2,1-3H3,(H,29,33). The second-order valence-corrected chi connectivity index (χ2v) is 9.70. The number of para-hydroxylation sites is 1. The van der Waals surface area contributed by atoms with Crippen LogP contribution in [-0.4, -0.2) is 46.6 Å². The van der Waals surface area contributed by atoms with E-state index in [-0.39, 0.29) is 24.4 Å². The Bertz CT molecular complexity index is 1260. The number of carbonyl (C=O) groups excluding carboxylic acids is 2. The lowest BCUT2D eigenvalue weighted by Gasteiger charge is -2.44. The van der Waals surface area contributed by atoms with Gasteiger partial charge in [0.15, 0.2) is 0 Å². The van der Waals surface area contributed by atoms with Gasteiger partial charge in [0.25, 0.3) is 5.91 Å². The number of nitrogens with one attached hydrogen (secondary N) is 1. The first-order valence-electron chi connectivity index (χ1n) is 12.5. The highest BCUT2D eigenvalue weighted by Crippen LogP contribution is 2.36. The van der Waals surface area contributed by atoms with Crippen molar-refractivity contribution in [2.75, 3.05) is 13.7 Å². The highest BCUT2D eigenvalue weighted by atomic mass is 16.5. The molecule has 1 aliphatic heterocycles. The van der Waals surface area contributed by atoms with E-state index < -0.39 is 5.54 Å². The Balaban J connectivity index is 1.59. The monoisotopic (exact) mass is 475 g/mol. The molecule has 1 fully saturated rings. The van der Waals surface area contributed by atoms with Crippen molar-refractivity contribution in [2.24, 2.45) is 0 Å². The Morgan fingerprint density at radius 1 is 1.14 bits per heavy atom. The first-order chi connectivity index (χ1) is 16.9. The Morgan fingerprint density at radius 2 is 1.91 bits per heavy atom. The molecule has 5 rings (SSSR count). The minimum atomic E-state index is -1.07. The highest BCUT2D eigenvalue weighted by Gasteiger charge is 2.48. The van der Waals surface area contributed by atoms with E-state index in [2.05, 4.69) is 5.32 Å². The van der Waals surface area contributed by atoms with E-state index in [1.807, 2.05) is 66.9 Å². The number of methoxy groups -OCH3 is 1. The lowest BCUT2D eigenvalue weighted by atomic mass is 9.93. The van der Waals surface area contributed by atoms with Gasteiger partial charge in [0.2, 0.25) is 5.91 Å². The molecule has 0 spiro atoms. The topological polar surface area (TPSA) is 72.8 Å². The van der Waals surface area contributed by atoms with Gasteiger partial charge in [-0.3, -0.25) is 9.59 Å². The molecule has 35 heavy (non-hydrogen) atoms. The van der Waals surface area contributed by atoms with E-state index in [0.717, 1.165) is 53.6 Å². The summed E-state index contributed by atoms with van der Waals surface area (Å²) in [5.74, 6) is 1.18. The minimum Gasteiger partial charge on any atom is -0.497 e. The molecule has 1 aliphatic carbocycles. The number of rotatable bonds is 7. The van der Waals surface area contributed by atoms with Crippen LogP contribution in [0.15, 0.2) is 48.5 Å². The fourth-order valence-electron chi connectivity index (χ4n) is 5.42. The van der Waals surface area contributed by atoms with Gasteiger partial charge in [-0.05, 0) is 51.0 Å². The zero-order valence-electron chi connectivity index (χ0n) is 20.7. The third-order valence-electron chi connectivity index (χ3n) is 7.42. The van der Waals surface area contributed by atoms with E-state index >= 15 is 0 Å². The highest BCUT2D eigenvalue weighted by molar-refractivity contribution is 6.03. The summed E-state index contributed by atoms with van der Waals surface area (Å²) in [5.41, 5.74) is 1.28. The molecule has 2 aromatic carbocycles. The molecule has 2 aliphatic rings. The van der Waals surface area contributed by atoms with Gasteiger partial charge >= 0.3 is 0 Å². The van der Waals surface area contributed by atoms with Crippen LogP contribution in [0.3, 0.4) is 0 Å². The van der Waals surface area contributed by atoms with Crippen molar-refractivity contribution in [3.05, 3.63) is 59.8 Å². The molecule has 7 heteroatoms. The smallest absolute Gasteiger partial charge is 0.271 e. The molecule has 1 aromatic heterocycles. The first kappa shape index (κ1) is 23.3. The van der Waals surface area contributed by atoms with Gasteiger partial charge in [0, 0.05) is 23.1 Å². The number of amides is 2. The van der Waals surface area contributed by atoms with Gasteiger partial charge in [-0.1, -0.05) is 31.0 Å². The quantitative estimate of drug-likeness (QED) is 0.545. The second-order valence-electron chi connectivity index (χ2n) is 9.70. The third kappa shape index (κ3) is 4.13. The average molecular weight is 476 g/mol. The Hall–Kier alpha value is -3.48. The molecule has 1 saturated carbocycles. The Kier molecular flexibility index (Phi) is 6.17. The first-order valence-corrected chi connectivity index (χ1v) is 12.5. The molecule has 184 valence electrons. The van der Waals surface area contributed by atoms with Crippen LogP contribution in [-0.2, 0) is 17.9 Å². The molecule has 2 amide bonds. The molecular formula is C28H33N3O4. The summed E-state index contributed by atoms with van der Waals surface area (Å²) in [7, 11) is 1.63. The molecule has 0 saturated heterocycles. The van der Waals surface area contributed by atoms with E-state index in [9.17, 15) is 9.59 Å². The maximum absolute atomic E-state index is 14.0. The number of ether oxygens (including phenoxy) is 2. The van der Waals surface area contributed by atoms with Gasteiger partial charge in [-0.2, -0.15) is 0 Å². The number of hydrogen-bond donors (Lipinski definition) is 1. The average Bonchev–Trinajstić information content (AvgIpc) is 3.50. The number of carbonyl (C=O) groups is 2. The molecular weight excluding hydrogens is 442 g/mol. The van der Waals surface area contributed by atoms with Crippen LogP contribution >= 0.6 is 0 Å². The van der Waals surface area contributed by atoms with E-state index in [1.54, 1.807) is 12.0 Å². The van der Waals surface area contributed by atoms with Crippen LogP contribution in [0.25, 0.3) is 10.9 Å². The maximum atomic E-state index is 14.0. The Morgan fingerprint density at radius 3 is 2.66 bits per heavy atom. The van der Waals surface area contributed by atoms with Crippen LogP contribution in [0.1, 0.15) is 55.6 Å². The summed E-state index contributed by atoms with van der Waals surface area (Å²) in [6.45, 7) is 5.00. The molecule has 2 heterocycles. The molecule has 7 nitrogen and oxygen atoms in total. The van der Waals surface area contributed by atoms with Crippen LogP contribution in [0.4, 0.5) is 0 Å². The molecule has 3 aromatic rings. The van der Waals surface area contributed by atoms with Gasteiger partial charge in [-0.25, -0.2) is 0 Å². The predicted octanol–water partition coefficient (Wildman–Crippen LogP) is 4.52. The van der Waals surface area contributed by atoms with E-state index in [4.69, 9.17) is 9.47 Å². The molecule has 0 bridgehead atoms. The maximum Gasteiger partial charge on any atom is 0.271 e. The molecule has 1 unspecified atom stereocenters. The number of nitrogens with zero attached hydrogens (tertiary/aromatic N) is 2. The van der Waals surface area contributed by atoms with Crippen molar-refractivity contribution in [1.29, 1.82) is 0 Å². The van der Waals surface area contributed by atoms with Crippen molar-refractivity contribution in [3.63, 3.8) is 0 Å². The van der Waals surface area contributed by atoms with E-state index in [1.165, 1.54) is 0 Å². The van der Waals surface area contributed by atoms with E-state index in [0.29, 0.717) is 18.8 Å². The zero-order valence-corrected chi connectivity index (χ0v) is 20.7. The number of aromatic nitrogens is 1. The van der Waals surface area contributed by atoms with Crippen LogP contribution < -0.4 is 14.8 Å². The van der Waals surface area contributed by atoms with Gasteiger partial charge < -0.3 is 24.3 Å². The number of hydrogen-bond acceptors (Lipinski definition) is 4. The van der Waals surface area contributed by atoms with Crippen LogP contribution in [0.5, 0.6) is 11.5 Å². The normalized spacial score (nSPS) is 20.2. The largest absolute Gasteiger partial charge is 0.497 e. The SMILES string of the molecule is CCOc1ccccc1CN1C(=O)c2cc3ccc(OC)cc3n2CC1(C)C(=O)NC1CCCC1. The van der Waals surface area contributed by atoms with Crippen molar-refractivity contribution < 1.29 is 19.1 Å². The fourth-order valence-corrected chi connectivity index (χ4v) is 5.42. The van der Waals surface area contributed by atoms with Crippen molar-refractivity contribution in [2.45, 2.75) is 64.2 Å². The zero-order chi connectivity index (χ0) is 24.6. The Labute approximate surface area is 206 Å². The minimum absolute atomic E-state index is 0.109. The van der Waals surface area contributed by atoms with Crippen LogP contribution in [0.2, 0.25) is 0 Å². The predicted molar refractivity (Wildman–Crippen MR) is 135 cm³/mol. The third-order valence-corrected chi connectivity index (χ3v) is 7.42. The summed E-state index contributed by atoms with van der Waals surface area (Å²) in [6, 6.07) is 15.6. The van der Waals surface area contributed by atoms with Crippen LogP contribution in [0, 0.1) is 0 Å². The lowest BCUT2D eigenvalue weighted by molar-refractivity contribution is -0.133. The van der Waals surface area contributed by atoms with Crippen molar-refractivity contribution in [1.82, 2.24) is 14.8 Å². The number of fused-ring (bicyclic) bond motifs is 3. The van der Waals surface area contributed by atoms with Crippen molar-refractivity contribution in [3.8, 4) is 11.5 Å². The molecule has 0 radical (unpaired) electrons. The second kappa shape index (κ2) is 9.29. The molecule has 1 atom stereocenters. The lowest BCUT2D eigenvalue weighted by Crippen LogP contribution is -2.64.